The Kier molecular flexibility index (Phi) is 161. The van der Waals surface area contributed by atoms with Gasteiger partial charge in [0.1, 0.15) is 0 Å². The zero-order valence-corrected chi connectivity index (χ0v) is 133. The van der Waals surface area contributed by atoms with Crippen molar-refractivity contribution >= 4 is 973 Å². The molecule has 0 N–H and O–H groups in total. The highest BCUT2D eigenvalue weighted by Gasteiger charge is 1.52. The van der Waals surface area contributed by atoms with Crippen molar-refractivity contribution in [2.75, 3.05) is 0 Å². The molecule has 0 aliphatic heterocycles. The van der Waals surface area contributed by atoms with Gasteiger partial charge in [-0.05, 0) is 0 Å². The lowest BCUT2D eigenvalue weighted by Gasteiger charge is -1.41. The van der Waals surface area contributed by atoms with Gasteiger partial charge in [0.25, 0.3) is 0 Å². The van der Waals surface area contributed by atoms with Gasteiger partial charge in [0.15, 0.2) is 0 Å². The van der Waals surface area contributed by atoms with Crippen molar-refractivity contribution < 1.29 is 0 Å². The zero-order valence-electron chi connectivity index (χ0n) is 44.5. The summed E-state index contributed by atoms with van der Waals surface area (Å²) < 4.78 is 0. The van der Waals surface area contributed by atoms with E-state index in [-0.39, 0.29) is 0 Å². The number of hydrogen-bond donors (Lipinski definition) is 0. The fraction of sp³-hybridized carbons (Fsp3) is 0. The molecule has 109 heavy (non-hydrogen) atoms. The molecule has 0 aliphatic rings. The summed E-state index contributed by atoms with van der Waals surface area (Å²) in [5.41, 5.74) is 0. The molecule has 0 bridgehead atoms. The van der Waals surface area contributed by atoms with Gasteiger partial charge < -0.3 is 0 Å². The van der Waals surface area contributed by atoms with Crippen LogP contribution in [-0.4, -0.2) is 0 Å². The van der Waals surface area contributed by atoms with Crippen LogP contribution in [0.4, 0.5) is 0 Å². The average Bonchev–Trinajstić information content (AvgIpc) is 3.88. The maximum absolute atomic E-state index is 4.83. The highest BCUT2D eigenvalue weighted by Crippen LogP contribution is 1.51. The van der Waals surface area contributed by atoms with Gasteiger partial charge >= 0.3 is 0 Å². The summed E-state index contributed by atoms with van der Waals surface area (Å²) in [6.07, 6.45) is 0. The summed E-state index contributed by atoms with van der Waals surface area (Å²) in [5, 5.41) is 0. The molecule has 0 saturated heterocycles. The highest BCUT2D eigenvalue weighted by atomic mass is 33.6. The Hall–Kier alpha value is 24.0. The van der Waals surface area contributed by atoms with E-state index in [1.54, 1.807) is 107 Å². The van der Waals surface area contributed by atoms with Gasteiger partial charge in [0.05, 0.1) is 0 Å². The second-order valence-corrected chi connectivity index (χ2v) is 197. The third kappa shape index (κ3) is 132. The molecule has 0 spiro atoms. The molecule has 0 aromatic heterocycles. The van der Waals surface area contributed by atoms with Gasteiger partial charge in [-0.1, -0.05) is 0 Å². The molecule has 0 aliphatic carbocycles. The summed E-state index contributed by atoms with van der Waals surface area (Å²) in [7, 11) is 194. The highest BCUT2D eigenvalue weighted by molar-refractivity contribution is 8.88. The van der Waals surface area contributed by atoms with Gasteiger partial charge in [-0.15, -0.1) is 0 Å². The Morgan fingerprint density at radius 1 is 0.0459 bits per heavy atom. The molecular formula is S109. The van der Waals surface area contributed by atoms with E-state index in [1.165, 1.54) is 17.8 Å². The lowest BCUT2D eigenvalue weighted by Crippen LogP contribution is -1.42. The molecular weight excluding hydrogens is 3500 g/mol. The van der Waals surface area contributed by atoms with Crippen molar-refractivity contribution in [3.63, 3.8) is 0 Å². The summed E-state index contributed by atoms with van der Waals surface area (Å²) in [6.45, 7) is 0. The molecule has 0 fully saturated rings. The average molecular weight is 3500 g/mol. The lowest BCUT2D eigenvalue weighted by atomic mass is 30.7. The fourth-order valence-electron chi connectivity index (χ4n) is 1.19. The molecule has 0 nitrogen and oxygen atoms in total. The van der Waals surface area contributed by atoms with E-state index >= 15 is 0 Å². The predicted molar refractivity (Wildman–Crippen MR) is 803 cm³/mol. The van der Waals surface area contributed by atoms with Crippen molar-refractivity contribution in [1.29, 1.82) is 0 Å². The largest absolute Gasteiger partial charge is 0 e. The summed E-state index contributed by atoms with van der Waals surface area (Å²) in [5.74, 6) is 0. The number of rotatable bonds is 0. The molecule has 0 rings (SSSR count). The Morgan fingerprint density at radius 2 is 0.0734 bits per heavy atom. The van der Waals surface area contributed by atoms with Crippen LogP contribution in [0.5, 0.6) is 0 Å². The van der Waals surface area contributed by atoms with E-state index < -0.39 is 0 Å². The minimum Gasteiger partial charge on any atom is 0 e. The van der Waals surface area contributed by atoms with Crippen LogP contribution in [0.1, 0.15) is 0 Å². The van der Waals surface area contributed by atoms with Crippen molar-refractivity contribution in [1.82, 2.24) is 0 Å². The van der Waals surface area contributed by atoms with Crippen LogP contribution >= 0.6 is 0 Å². The molecule has 0 unspecified atom stereocenters. The normalized spacial score (nSPS) is 7.89. The maximum atomic E-state index is 4.83. The fourth-order valence-corrected chi connectivity index (χ4v) is 289. The van der Waals surface area contributed by atoms with E-state index in [1.807, 2.05) is 826 Å². The summed E-state index contributed by atoms with van der Waals surface area (Å²) in [6, 6.07) is 0. The van der Waals surface area contributed by atoms with Crippen LogP contribution in [0.3, 0.4) is 0 Å². The third-order valence-electron chi connectivity index (χ3n) is 2.94. The summed E-state index contributed by atoms with van der Waals surface area (Å²) in [4.78, 5) is 0. The predicted octanol–water partition coefficient (Wildman–Crippen LogP) is -0.262. The molecule has 0 saturated carbocycles. The second kappa shape index (κ2) is 132. The minimum absolute atomic E-state index is 1.37. The monoisotopic (exact) mass is 3480 g/mol. The lowest BCUT2D eigenvalue weighted by molar-refractivity contribution is 5.95. The molecule has 109 heteroatoms. The van der Waals surface area contributed by atoms with E-state index in [9.17, 15) is 0 Å². The van der Waals surface area contributed by atoms with Crippen molar-refractivity contribution in [2.24, 2.45) is 0 Å². The molecule has 654 valence electrons. The van der Waals surface area contributed by atoms with Crippen LogP contribution in [-0.2, 0) is 973 Å². The van der Waals surface area contributed by atoms with Gasteiger partial charge in [-0.3, -0.25) is 0 Å². The Bertz CT molecular complexity index is 8230. The van der Waals surface area contributed by atoms with Crippen LogP contribution in [0, 0.1) is 0 Å². The van der Waals surface area contributed by atoms with E-state index in [4.69, 9.17) is 22.4 Å². The maximum Gasteiger partial charge on any atom is 0 e. The smallest absolute Gasteiger partial charge is 0 e. The summed E-state index contributed by atoms with van der Waals surface area (Å²) >= 11 is 9.66. The number of hydrogen-bond acceptors (Lipinski definition) is 2. The molecule has 0 radical (unpaired) electrons. The Labute approximate surface area is 941 Å². The molecule has 0 amide bonds. The molecule has 0 atom stereocenters. The van der Waals surface area contributed by atoms with Gasteiger partial charge in [-0.2, -0.15) is 0 Å². The first kappa shape index (κ1) is 133. The molecule has 0 aromatic carbocycles. The van der Waals surface area contributed by atoms with E-state index in [0.29, 0.717) is 0 Å². The van der Waals surface area contributed by atoms with Crippen molar-refractivity contribution in [3.05, 3.63) is 0 Å². The Balaban J connectivity index is 6.19. The van der Waals surface area contributed by atoms with E-state index in [0.717, 1.165) is 0 Å². The van der Waals surface area contributed by atoms with Gasteiger partial charge in [-0.25, -0.2) is 0 Å². The van der Waals surface area contributed by atoms with Gasteiger partial charge in [0, 0.05) is 973 Å². The Morgan fingerprint density at radius 3 is 0.101 bits per heavy atom. The van der Waals surface area contributed by atoms with Crippen LogP contribution < -0.4 is 0 Å². The van der Waals surface area contributed by atoms with Crippen molar-refractivity contribution in [3.8, 4) is 0 Å². The first-order valence-corrected chi connectivity index (χ1v) is 162. The SMILES string of the molecule is S=S=S=S=S=S=S=S=S=S=S=S=S=S=S=S=S=S=S=S=S=S=S=S=S=S=S=S=S=S=S=S=S=S=S=S=S=S=S=S=S=S=S=S=S=S=S=S=S=S=S=S=S=S=S=S=S=S=S=S=S=S=S=S=S=S=S=S=S=S=S=S=S=S=S=S=S=S=S=S=S=S=S=S=S=S=S=S=S=S=S=S=S=S=S=S=S=S=S=S=S=S=S=S=S=S=S=S=S. The molecule has 0 heterocycles. The standard InChI is InChI=1S/S109/c1-3-5-7-9-11-13-15-17-19-21-23-25-27-29-31-33-35-37-39-41-43-45-47-49-51-53-55-57-59-61-63-65-67-69-71-73-75-77-79-81-83-85-87-89-91-93-95-97-99-101-103-105-107-109-108-106-104-102-100-98-96-94-92-90-88-86-84-82-80-78-76-74-72-70-68-66-64-62-60-58-56-54-52-50-48-46-44-42-40-38-36-34-32-30-28-26-24-22-20-18-16-14-12-10-8-6-4-2. The first-order chi connectivity index (χ1) is 54.4. The second-order valence-electron chi connectivity index (χ2n) is 7.28. The van der Waals surface area contributed by atoms with Crippen LogP contribution in [0.15, 0.2) is 0 Å². The molecule has 0 aromatic rings. The third-order valence-corrected chi connectivity index (χ3v) is 238. The quantitative estimate of drug-likeness (QED) is 0.329. The first-order valence-electron chi connectivity index (χ1n) is 18.0. The van der Waals surface area contributed by atoms with Crippen LogP contribution in [0.2, 0.25) is 0 Å². The topological polar surface area (TPSA) is 0 Å². The van der Waals surface area contributed by atoms with Crippen molar-refractivity contribution in [2.45, 2.75) is 0 Å². The van der Waals surface area contributed by atoms with Gasteiger partial charge in [0.2, 0.25) is 0 Å². The zero-order chi connectivity index (χ0) is 77.7. The van der Waals surface area contributed by atoms with Crippen LogP contribution in [0.25, 0.3) is 0 Å². The van der Waals surface area contributed by atoms with E-state index in [2.05, 4.69) is 0 Å². The minimum atomic E-state index is 1.37.